The van der Waals surface area contributed by atoms with Crippen molar-refractivity contribution in [3.63, 3.8) is 0 Å². The molecule has 2 fully saturated rings. The highest BCUT2D eigenvalue weighted by molar-refractivity contribution is 7.47. The van der Waals surface area contributed by atoms with E-state index in [1.165, 1.54) is 6.07 Å². The number of aliphatic hydroxyl groups excluding tert-OH is 5. The number of hydrogen-bond acceptors (Lipinski definition) is 16. The van der Waals surface area contributed by atoms with Crippen molar-refractivity contribution in [3.8, 4) is 0 Å². The number of nitrogen functional groups attached to an aromatic ring is 1. The second-order valence-corrected chi connectivity index (χ2v) is 10.8. The number of carbonyl (C=O) groups is 2. The minimum Gasteiger partial charge on any atom is -0.465 e. The summed E-state index contributed by atoms with van der Waals surface area (Å²) in [4.78, 5) is 50.4. The van der Waals surface area contributed by atoms with Gasteiger partial charge < -0.3 is 55.7 Å². The Labute approximate surface area is 232 Å². The summed E-state index contributed by atoms with van der Waals surface area (Å²) in [6.45, 7) is -0.548. The SMILES string of the molecule is COC(=O)[C@]1(OP(=O)(O)OC[C@H]2O[C@@H](n3ccc(N)nc3=O)[C@H](O)[C@@H]2O)C[C@H](O)[C@@H](NC(C)=O)[C@H](C[C@H](O)CO)O1. The molecule has 2 aliphatic rings. The molecule has 0 aromatic carbocycles. The number of ether oxygens (including phenoxy) is 3. The number of amides is 1. The van der Waals surface area contributed by atoms with Gasteiger partial charge in [0, 0.05) is 26.0 Å². The maximum absolute atomic E-state index is 13.0. The molecule has 3 heterocycles. The molecule has 1 aromatic rings. The normalized spacial score (nSPS) is 34.0. The molecule has 19 nitrogen and oxygen atoms in total. The third-order valence-electron chi connectivity index (χ3n) is 6.34. The number of nitrogens with zero attached hydrogens (tertiary/aromatic N) is 2. The Morgan fingerprint density at radius 1 is 1.32 bits per heavy atom. The van der Waals surface area contributed by atoms with Gasteiger partial charge in [-0.15, -0.1) is 0 Å². The van der Waals surface area contributed by atoms with Crippen molar-refractivity contribution in [3.05, 3.63) is 22.7 Å². The summed E-state index contributed by atoms with van der Waals surface area (Å²) in [7, 11) is -4.46. The van der Waals surface area contributed by atoms with Gasteiger partial charge in [0.2, 0.25) is 5.91 Å². The summed E-state index contributed by atoms with van der Waals surface area (Å²) < 4.78 is 39.4. The number of phosphoric acid groups is 1. The van der Waals surface area contributed by atoms with Crippen molar-refractivity contribution >= 4 is 25.5 Å². The van der Waals surface area contributed by atoms with E-state index in [9.17, 15) is 49.4 Å². The number of hydrogen-bond donors (Lipinski definition) is 8. The number of aromatic nitrogens is 2. The minimum atomic E-state index is -5.35. The maximum atomic E-state index is 13.0. The third kappa shape index (κ3) is 7.65. The number of phosphoric ester groups is 1. The van der Waals surface area contributed by atoms with Gasteiger partial charge in [0.25, 0.3) is 5.79 Å². The first-order chi connectivity index (χ1) is 19.1. The second-order valence-electron chi connectivity index (χ2n) is 9.41. The van der Waals surface area contributed by atoms with Crippen molar-refractivity contribution in [1.82, 2.24) is 14.9 Å². The van der Waals surface area contributed by atoms with E-state index in [-0.39, 0.29) is 5.82 Å². The van der Waals surface area contributed by atoms with Crippen LogP contribution in [0, 0.1) is 0 Å². The summed E-state index contributed by atoms with van der Waals surface area (Å²) in [5.74, 6) is -4.91. The number of rotatable bonds is 11. The molecule has 0 spiro atoms. The van der Waals surface area contributed by atoms with E-state index in [2.05, 4.69) is 15.0 Å². The highest BCUT2D eigenvalue weighted by Gasteiger charge is 2.57. The molecular weight excluding hydrogens is 579 g/mol. The van der Waals surface area contributed by atoms with Crippen LogP contribution in [-0.4, -0.2) is 121 Å². The Morgan fingerprint density at radius 3 is 2.59 bits per heavy atom. The van der Waals surface area contributed by atoms with Crippen molar-refractivity contribution in [2.24, 2.45) is 0 Å². The van der Waals surface area contributed by atoms with Gasteiger partial charge in [0.05, 0.1) is 44.7 Å². The molecular formula is C21H33N4O15P. The highest BCUT2D eigenvalue weighted by Crippen LogP contribution is 2.51. The molecule has 20 heteroatoms. The van der Waals surface area contributed by atoms with Crippen LogP contribution in [0.4, 0.5) is 5.82 Å². The molecule has 2 saturated heterocycles. The Morgan fingerprint density at radius 2 is 2.00 bits per heavy atom. The van der Waals surface area contributed by atoms with E-state index in [1.54, 1.807) is 0 Å². The molecule has 10 atom stereocenters. The lowest BCUT2D eigenvalue weighted by molar-refractivity contribution is -0.275. The highest BCUT2D eigenvalue weighted by atomic mass is 31.2. The molecule has 0 bridgehead atoms. The van der Waals surface area contributed by atoms with Crippen LogP contribution in [0.5, 0.6) is 0 Å². The molecule has 232 valence electrons. The van der Waals surface area contributed by atoms with Crippen LogP contribution in [0.3, 0.4) is 0 Å². The van der Waals surface area contributed by atoms with E-state index < -0.39 is 106 Å². The minimum absolute atomic E-state index is 0.108. The maximum Gasteiger partial charge on any atom is 0.475 e. The first-order valence-electron chi connectivity index (χ1n) is 12.2. The van der Waals surface area contributed by atoms with Gasteiger partial charge in [-0.05, 0) is 6.07 Å². The Bertz CT molecular complexity index is 1200. The van der Waals surface area contributed by atoms with Crippen LogP contribution in [0.1, 0.15) is 26.0 Å². The van der Waals surface area contributed by atoms with Crippen LogP contribution >= 0.6 is 7.82 Å². The van der Waals surface area contributed by atoms with Crippen molar-refractivity contribution < 1.29 is 67.8 Å². The Kier molecular flexibility index (Phi) is 10.6. The largest absolute Gasteiger partial charge is 0.475 e. The number of methoxy groups -OCH3 is 1. The zero-order chi connectivity index (χ0) is 30.7. The number of anilines is 1. The summed E-state index contributed by atoms with van der Waals surface area (Å²) in [5, 5.41) is 53.0. The van der Waals surface area contributed by atoms with Gasteiger partial charge in [-0.25, -0.2) is 18.7 Å². The van der Waals surface area contributed by atoms with Gasteiger partial charge in [-0.3, -0.25) is 13.9 Å². The second kappa shape index (κ2) is 13.2. The molecule has 1 amide bonds. The third-order valence-corrected chi connectivity index (χ3v) is 7.34. The monoisotopic (exact) mass is 612 g/mol. The first kappa shape index (κ1) is 33.0. The van der Waals surface area contributed by atoms with E-state index in [0.29, 0.717) is 0 Å². The van der Waals surface area contributed by atoms with Gasteiger partial charge in [0.1, 0.15) is 24.1 Å². The molecule has 3 rings (SSSR count). The van der Waals surface area contributed by atoms with Gasteiger partial charge in [0.15, 0.2) is 6.23 Å². The molecule has 9 N–H and O–H groups in total. The van der Waals surface area contributed by atoms with Crippen LogP contribution in [0.15, 0.2) is 17.1 Å². The zero-order valence-electron chi connectivity index (χ0n) is 21.9. The summed E-state index contributed by atoms with van der Waals surface area (Å²) >= 11 is 0. The van der Waals surface area contributed by atoms with Crippen molar-refractivity contribution in [1.29, 1.82) is 0 Å². The van der Waals surface area contributed by atoms with Gasteiger partial charge in [-0.2, -0.15) is 4.98 Å². The fraction of sp³-hybridized carbons (Fsp3) is 0.714. The van der Waals surface area contributed by atoms with Crippen LogP contribution in [0.25, 0.3) is 0 Å². The first-order valence-corrected chi connectivity index (χ1v) is 13.7. The van der Waals surface area contributed by atoms with E-state index >= 15 is 0 Å². The predicted molar refractivity (Wildman–Crippen MR) is 131 cm³/mol. The number of esters is 1. The quantitative estimate of drug-likeness (QED) is 0.0869. The predicted octanol–water partition coefficient (Wildman–Crippen LogP) is -4.15. The van der Waals surface area contributed by atoms with E-state index in [4.69, 9.17) is 24.3 Å². The van der Waals surface area contributed by atoms with Crippen LogP contribution in [0.2, 0.25) is 0 Å². The number of nitrogens with one attached hydrogen (secondary N) is 1. The van der Waals surface area contributed by atoms with E-state index in [0.717, 1.165) is 24.8 Å². The molecule has 0 saturated carbocycles. The summed E-state index contributed by atoms with van der Waals surface area (Å²) in [5.41, 5.74) is 4.52. The summed E-state index contributed by atoms with van der Waals surface area (Å²) in [6.07, 6.45) is -11.1. The van der Waals surface area contributed by atoms with E-state index in [1.807, 2.05) is 0 Å². The topological polar surface area (TPSA) is 292 Å². The van der Waals surface area contributed by atoms with Crippen molar-refractivity contribution in [2.45, 2.75) is 74.4 Å². The Hall–Kier alpha value is -2.55. The van der Waals surface area contributed by atoms with Crippen molar-refractivity contribution in [2.75, 3.05) is 26.1 Å². The average Bonchev–Trinajstić information content (AvgIpc) is 3.17. The molecule has 0 aliphatic carbocycles. The lowest BCUT2D eigenvalue weighted by Gasteiger charge is -2.45. The fourth-order valence-electron chi connectivity index (χ4n) is 4.46. The number of carbonyl (C=O) groups excluding carboxylic acids is 2. The molecule has 0 radical (unpaired) electrons. The fourth-order valence-corrected chi connectivity index (χ4v) is 5.41. The average molecular weight is 612 g/mol. The van der Waals surface area contributed by atoms with Crippen LogP contribution in [-0.2, 0) is 37.4 Å². The lowest BCUT2D eigenvalue weighted by Crippen LogP contribution is -2.64. The zero-order valence-corrected chi connectivity index (χ0v) is 22.8. The smallest absolute Gasteiger partial charge is 0.465 e. The van der Waals surface area contributed by atoms with Gasteiger partial charge >= 0.3 is 19.5 Å². The molecule has 1 unspecified atom stereocenters. The molecule has 41 heavy (non-hydrogen) atoms. The lowest BCUT2D eigenvalue weighted by atomic mass is 9.90. The standard InChI is InChI=1S/C21H33N4O15P/c1-9(27)23-15-11(29)6-21(19(32)36-2,39-12(15)5-10(28)7-26)40-41(34,35)37-8-13-16(30)17(31)18(38-13)25-4-3-14(22)24-20(25)33/h3-4,10-13,15-18,26,28-31H,5-8H2,1-2H3,(H,23,27)(H,34,35)(H2,22,24,33)/t10-,11-,12-,13+,15+,16+,17+,18+,21+/m0/s1. The number of nitrogens with two attached hydrogens (primary N) is 1. The number of aliphatic hydroxyl groups is 5. The molecule has 2 aliphatic heterocycles. The Balaban J connectivity index is 1.78. The van der Waals surface area contributed by atoms with Gasteiger partial charge in [-0.1, -0.05) is 0 Å². The van der Waals surface area contributed by atoms with Crippen LogP contribution < -0.4 is 16.7 Å². The molecule has 1 aromatic heterocycles. The summed E-state index contributed by atoms with van der Waals surface area (Å²) in [6, 6.07) is -0.00166.